The fraction of sp³-hybridized carbons (Fsp3) is 0.263. The van der Waals surface area contributed by atoms with E-state index >= 15 is 0 Å². The maximum atomic E-state index is 12.3. The van der Waals surface area contributed by atoms with Crippen LogP contribution in [-0.2, 0) is 11.3 Å². The highest BCUT2D eigenvalue weighted by Crippen LogP contribution is 2.31. The minimum absolute atomic E-state index is 0.0129. The Morgan fingerprint density at radius 1 is 1.21 bits per heavy atom. The van der Waals surface area contributed by atoms with Gasteiger partial charge < -0.3 is 10.6 Å². The third-order valence-corrected chi connectivity index (χ3v) is 5.04. The van der Waals surface area contributed by atoms with Crippen LogP contribution < -0.4 is 10.6 Å². The summed E-state index contributed by atoms with van der Waals surface area (Å²) in [5.74, 6) is 0.821. The lowest BCUT2D eigenvalue weighted by Gasteiger charge is -2.17. The third-order valence-electron chi connectivity index (χ3n) is 3.97. The van der Waals surface area contributed by atoms with E-state index in [1.807, 2.05) is 42.5 Å². The number of hydrogen-bond acceptors (Lipinski definition) is 3. The molecule has 5 heteroatoms. The first-order valence-electron chi connectivity index (χ1n) is 7.96. The van der Waals surface area contributed by atoms with E-state index in [9.17, 15) is 9.59 Å². The van der Waals surface area contributed by atoms with Crippen LogP contribution in [0.5, 0.6) is 0 Å². The molecule has 1 aliphatic rings. The number of amides is 2. The minimum atomic E-state index is -0.0959. The molecule has 0 bridgehead atoms. The number of fused-ring (bicyclic) bond motifs is 1. The summed E-state index contributed by atoms with van der Waals surface area (Å²) in [7, 11) is 0. The molecule has 2 aromatic rings. The molecule has 0 unspecified atom stereocenters. The van der Waals surface area contributed by atoms with Gasteiger partial charge in [-0.2, -0.15) is 0 Å². The van der Waals surface area contributed by atoms with Gasteiger partial charge >= 0.3 is 0 Å². The summed E-state index contributed by atoms with van der Waals surface area (Å²) < 4.78 is 0. The van der Waals surface area contributed by atoms with Gasteiger partial charge in [0, 0.05) is 17.0 Å². The predicted octanol–water partition coefficient (Wildman–Crippen LogP) is 3.78. The Morgan fingerprint density at radius 3 is 2.67 bits per heavy atom. The molecule has 0 atom stereocenters. The first kappa shape index (κ1) is 16.6. The molecule has 0 aromatic heterocycles. The van der Waals surface area contributed by atoms with Crippen molar-refractivity contribution in [3.05, 3.63) is 59.2 Å². The van der Waals surface area contributed by atoms with Gasteiger partial charge in [0.2, 0.25) is 5.91 Å². The lowest BCUT2D eigenvalue weighted by Crippen LogP contribution is -2.23. The standard InChI is InChI=1S/C19H20N2O2S/c1-12(2)14-4-6-15(7-5-14)19(23)20-10-13-3-8-17-16(9-13)21-18(22)11-24-17/h3-9,12H,10-11H2,1-2H3,(H,20,23)(H,21,22). The normalized spacial score (nSPS) is 13.4. The van der Waals surface area contributed by atoms with Crippen molar-refractivity contribution in [2.75, 3.05) is 11.1 Å². The van der Waals surface area contributed by atoms with Crippen LogP contribution in [0.1, 0.15) is 41.3 Å². The molecule has 0 fully saturated rings. The van der Waals surface area contributed by atoms with E-state index < -0.39 is 0 Å². The molecule has 4 nitrogen and oxygen atoms in total. The average molecular weight is 340 g/mol. The zero-order valence-corrected chi connectivity index (χ0v) is 14.6. The Bertz CT molecular complexity index is 769. The van der Waals surface area contributed by atoms with Crippen molar-refractivity contribution in [2.45, 2.75) is 31.2 Å². The topological polar surface area (TPSA) is 58.2 Å². The Hall–Kier alpha value is -2.27. The van der Waals surface area contributed by atoms with E-state index in [0.717, 1.165) is 16.1 Å². The Morgan fingerprint density at radius 2 is 1.96 bits per heavy atom. The highest BCUT2D eigenvalue weighted by Gasteiger charge is 2.15. The molecule has 2 N–H and O–H groups in total. The van der Waals surface area contributed by atoms with E-state index in [1.54, 1.807) is 0 Å². The lowest BCUT2D eigenvalue weighted by molar-refractivity contribution is -0.113. The van der Waals surface area contributed by atoms with Gasteiger partial charge in [0.25, 0.3) is 5.91 Å². The molecule has 3 rings (SSSR count). The number of carbonyl (C=O) groups is 2. The molecule has 0 spiro atoms. The van der Waals surface area contributed by atoms with E-state index in [1.165, 1.54) is 17.3 Å². The Labute approximate surface area is 146 Å². The summed E-state index contributed by atoms with van der Waals surface area (Å²) in [4.78, 5) is 24.8. The SMILES string of the molecule is CC(C)c1ccc(C(=O)NCc2ccc3c(c2)NC(=O)CS3)cc1. The van der Waals surface area contributed by atoms with E-state index in [2.05, 4.69) is 24.5 Å². The number of benzene rings is 2. The second kappa shape index (κ2) is 7.09. The second-order valence-corrected chi connectivity index (χ2v) is 7.14. The minimum Gasteiger partial charge on any atom is -0.348 e. The van der Waals surface area contributed by atoms with Gasteiger partial charge in [-0.05, 0) is 41.3 Å². The Kier molecular flexibility index (Phi) is 4.90. The molecule has 1 heterocycles. The number of nitrogens with one attached hydrogen (secondary N) is 2. The molecular formula is C19H20N2O2S. The van der Waals surface area contributed by atoms with Crippen molar-refractivity contribution < 1.29 is 9.59 Å². The largest absolute Gasteiger partial charge is 0.348 e. The highest BCUT2D eigenvalue weighted by molar-refractivity contribution is 8.00. The lowest BCUT2D eigenvalue weighted by atomic mass is 10.0. The van der Waals surface area contributed by atoms with Crippen molar-refractivity contribution in [3.63, 3.8) is 0 Å². The van der Waals surface area contributed by atoms with Crippen molar-refractivity contribution in [1.29, 1.82) is 0 Å². The van der Waals surface area contributed by atoms with Gasteiger partial charge in [-0.25, -0.2) is 0 Å². The van der Waals surface area contributed by atoms with Crippen LogP contribution in [0, 0.1) is 0 Å². The number of anilines is 1. The van der Waals surface area contributed by atoms with Gasteiger partial charge in [0.15, 0.2) is 0 Å². The Balaban J connectivity index is 1.64. The molecule has 2 amide bonds. The molecule has 1 aliphatic heterocycles. The highest BCUT2D eigenvalue weighted by atomic mass is 32.2. The molecule has 124 valence electrons. The number of hydrogen-bond donors (Lipinski definition) is 2. The van der Waals surface area contributed by atoms with Crippen LogP contribution in [0.4, 0.5) is 5.69 Å². The third kappa shape index (κ3) is 3.79. The van der Waals surface area contributed by atoms with Crippen molar-refractivity contribution in [1.82, 2.24) is 5.32 Å². The van der Waals surface area contributed by atoms with Crippen LogP contribution >= 0.6 is 11.8 Å². The molecule has 0 saturated carbocycles. The van der Waals surface area contributed by atoms with Crippen molar-refractivity contribution in [3.8, 4) is 0 Å². The molecule has 0 aliphatic carbocycles. The summed E-state index contributed by atoms with van der Waals surface area (Å²) in [5.41, 5.74) is 3.66. The van der Waals surface area contributed by atoms with Gasteiger partial charge in [0.05, 0.1) is 11.4 Å². The zero-order chi connectivity index (χ0) is 17.1. The second-order valence-electron chi connectivity index (χ2n) is 6.13. The maximum Gasteiger partial charge on any atom is 0.251 e. The van der Waals surface area contributed by atoms with Crippen LogP contribution in [0.25, 0.3) is 0 Å². The summed E-state index contributed by atoms with van der Waals surface area (Å²) in [6.07, 6.45) is 0. The molecular weight excluding hydrogens is 320 g/mol. The van der Waals surface area contributed by atoms with E-state index in [0.29, 0.717) is 23.8 Å². The van der Waals surface area contributed by atoms with Crippen LogP contribution in [0.15, 0.2) is 47.4 Å². The van der Waals surface area contributed by atoms with Gasteiger partial charge in [-0.3, -0.25) is 9.59 Å². The van der Waals surface area contributed by atoms with Crippen LogP contribution in [0.2, 0.25) is 0 Å². The quantitative estimate of drug-likeness (QED) is 0.890. The van der Waals surface area contributed by atoms with Gasteiger partial charge in [-0.15, -0.1) is 11.8 Å². The van der Waals surface area contributed by atoms with Crippen molar-refractivity contribution in [2.24, 2.45) is 0 Å². The number of carbonyl (C=O) groups excluding carboxylic acids is 2. The first-order valence-corrected chi connectivity index (χ1v) is 8.95. The van der Waals surface area contributed by atoms with E-state index in [-0.39, 0.29) is 11.8 Å². The molecule has 24 heavy (non-hydrogen) atoms. The summed E-state index contributed by atoms with van der Waals surface area (Å²) in [6, 6.07) is 13.6. The summed E-state index contributed by atoms with van der Waals surface area (Å²) >= 11 is 1.53. The molecule has 0 saturated heterocycles. The summed E-state index contributed by atoms with van der Waals surface area (Å²) in [5, 5.41) is 5.79. The zero-order valence-electron chi connectivity index (χ0n) is 13.8. The maximum absolute atomic E-state index is 12.3. The van der Waals surface area contributed by atoms with Gasteiger partial charge in [-0.1, -0.05) is 32.0 Å². The fourth-order valence-electron chi connectivity index (χ4n) is 2.54. The smallest absolute Gasteiger partial charge is 0.251 e. The van der Waals surface area contributed by atoms with E-state index in [4.69, 9.17) is 0 Å². The van der Waals surface area contributed by atoms with Gasteiger partial charge in [0.1, 0.15) is 0 Å². The fourth-order valence-corrected chi connectivity index (χ4v) is 3.33. The monoisotopic (exact) mass is 340 g/mol. The number of rotatable bonds is 4. The van der Waals surface area contributed by atoms with Crippen LogP contribution in [-0.4, -0.2) is 17.6 Å². The summed E-state index contributed by atoms with van der Waals surface area (Å²) in [6.45, 7) is 4.68. The first-order chi connectivity index (χ1) is 11.5. The van der Waals surface area contributed by atoms with Crippen molar-refractivity contribution >= 4 is 29.3 Å². The predicted molar refractivity (Wildman–Crippen MR) is 97.5 cm³/mol. The molecule has 2 aromatic carbocycles. The molecule has 0 radical (unpaired) electrons. The van der Waals surface area contributed by atoms with Crippen LogP contribution in [0.3, 0.4) is 0 Å². The average Bonchev–Trinajstić information content (AvgIpc) is 2.59. The number of thioether (sulfide) groups is 1.